The Balaban J connectivity index is 0.00000144. The quantitative estimate of drug-likeness (QED) is 0.885. The first-order valence-corrected chi connectivity index (χ1v) is 6.69. The second-order valence-corrected chi connectivity index (χ2v) is 5.35. The number of amides is 1. The SMILES string of the molecule is CC1NCCCC1NC(=O)Cc1cccs1.Cl. The molecule has 0 saturated carbocycles. The van der Waals surface area contributed by atoms with Gasteiger partial charge in [-0.05, 0) is 37.8 Å². The average Bonchev–Trinajstić information content (AvgIpc) is 2.74. The van der Waals surface area contributed by atoms with Gasteiger partial charge in [0.25, 0.3) is 0 Å². The summed E-state index contributed by atoms with van der Waals surface area (Å²) < 4.78 is 0. The summed E-state index contributed by atoms with van der Waals surface area (Å²) in [5, 5.41) is 8.50. The molecule has 1 aromatic heterocycles. The van der Waals surface area contributed by atoms with E-state index in [0.717, 1.165) is 24.3 Å². The van der Waals surface area contributed by atoms with Gasteiger partial charge in [-0.3, -0.25) is 4.79 Å². The van der Waals surface area contributed by atoms with Crippen molar-refractivity contribution in [2.75, 3.05) is 6.54 Å². The van der Waals surface area contributed by atoms with Gasteiger partial charge in [0.15, 0.2) is 0 Å². The van der Waals surface area contributed by atoms with E-state index in [4.69, 9.17) is 0 Å². The summed E-state index contributed by atoms with van der Waals surface area (Å²) in [5.74, 6) is 0.142. The van der Waals surface area contributed by atoms with Crippen LogP contribution in [0.25, 0.3) is 0 Å². The van der Waals surface area contributed by atoms with Gasteiger partial charge >= 0.3 is 0 Å². The summed E-state index contributed by atoms with van der Waals surface area (Å²) in [5.41, 5.74) is 0. The molecule has 0 radical (unpaired) electrons. The highest BCUT2D eigenvalue weighted by atomic mass is 35.5. The van der Waals surface area contributed by atoms with Crippen LogP contribution in [0.2, 0.25) is 0 Å². The molecule has 2 heterocycles. The molecular weight excluding hydrogens is 256 g/mol. The molecule has 2 unspecified atom stereocenters. The van der Waals surface area contributed by atoms with Gasteiger partial charge < -0.3 is 10.6 Å². The monoisotopic (exact) mass is 274 g/mol. The maximum Gasteiger partial charge on any atom is 0.225 e. The zero-order valence-electron chi connectivity index (χ0n) is 9.94. The lowest BCUT2D eigenvalue weighted by Crippen LogP contribution is -2.52. The topological polar surface area (TPSA) is 41.1 Å². The highest BCUT2D eigenvalue weighted by Gasteiger charge is 2.22. The van der Waals surface area contributed by atoms with Crippen molar-refractivity contribution in [1.82, 2.24) is 10.6 Å². The Kier molecular flexibility index (Phi) is 5.95. The lowest BCUT2D eigenvalue weighted by atomic mass is 10.00. The van der Waals surface area contributed by atoms with Crippen molar-refractivity contribution in [3.05, 3.63) is 22.4 Å². The third kappa shape index (κ3) is 4.30. The number of halogens is 1. The number of rotatable bonds is 3. The van der Waals surface area contributed by atoms with Gasteiger partial charge in [0.1, 0.15) is 0 Å². The second kappa shape index (κ2) is 6.99. The molecule has 1 saturated heterocycles. The lowest BCUT2D eigenvalue weighted by Gasteiger charge is -2.30. The zero-order valence-corrected chi connectivity index (χ0v) is 11.6. The molecule has 2 atom stereocenters. The molecule has 1 amide bonds. The average molecular weight is 275 g/mol. The molecule has 0 bridgehead atoms. The summed E-state index contributed by atoms with van der Waals surface area (Å²) in [6.45, 7) is 3.20. The molecule has 17 heavy (non-hydrogen) atoms. The van der Waals surface area contributed by atoms with E-state index >= 15 is 0 Å². The number of hydrogen-bond acceptors (Lipinski definition) is 3. The molecule has 1 aromatic rings. The fourth-order valence-electron chi connectivity index (χ4n) is 2.07. The van der Waals surface area contributed by atoms with Crippen LogP contribution >= 0.6 is 23.7 Å². The Morgan fingerprint density at radius 3 is 3.12 bits per heavy atom. The third-order valence-electron chi connectivity index (χ3n) is 3.02. The molecule has 1 aliphatic heterocycles. The molecule has 96 valence electrons. The van der Waals surface area contributed by atoms with Gasteiger partial charge in [0.2, 0.25) is 5.91 Å². The number of carbonyl (C=O) groups is 1. The molecule has 5 heteroatoms. The van der Waals surface area contributed by atoms with Crippen LogP contribution in [0.5, 0.6) is 0 Å². The molecule has 0 aliphatic carbocycles. The molecule has 0 aromatic carbocycles. The van der Waals surface area contributed by atoms with Gasteiger partial charge in [-0.15, -0.1) is 23.7 Å². The Morgan fingerprint density at radius 2 is 2.47 bits per heavy atom. The molecular formula is C12H19ClN2OS. The number of hydrogen-bond donors (Lipinski definition) is 2. The molecule has 1 fully saturated rings. The van der Waals surface area contributed by atoms with Gasteiger partial charge in [0, 0.05) is 17.0 Å². The number of piperidine rings is 1. The molecule has 2 N–H and O–H groups in total. The number of carbonyl (C=O) groups excluding carboxylic acids is 1. The fourth-order valence-corrected chi connectivity index (χ4v) is 2.77. The van der Waals surface area contributed by atoms with Crippen molar-refractivity contribution in [2.45, 2.75) is 38.3 Å². The van der Waals surface area contributed by atoms with Crippen LogP contribution in [0.3, 0.4) is 0 Å². The highest BCUT2D eigenvalue weighted by molar-refractivity contribution is 7.10. The van der Waals surface area contributed by atoms with E-state index < -0.39 is 0 Å². The largest absolute Gasteiger partial charge is 0.352 e. The Hall–Kier alpha value is -0.580. The Bertz CT molecular complexity index is 342. The van der Waals surface area contributed by atoms with Crippen LogP contribution < -0.4 is 10.6 Å². The maximum absolute atomic E-state index is 11.8. The third-order valence-corrected chi connectivity index (χ3v) is 3.90. The van der Waals surface area contributed by atoms with Crippen LogP contribution in [-0.2, 0) is 11.2 Å². The minimum Gasteiger partial charge on any atom is -0.352 e. The van der Waals surface area contributed by atoms with Crippen LogP contribution in [0.15, 0.2) is 17.5 Å². The summed E-state index contributed by atoms with van der Waals surface area (Å²) in [7, 11) is 0. The van der Waals surface area contributed by atoms with Crippen molar-refractivity contribution in [3.8, 4) is 0 Å². The number of thiophene rings is 1. The van der Waals surface area contributed by atoms with Crippen molar-refractivity contribution >= 4 is 29.7 Å². The fraction of sp³-hybridized carbons (Fsp3) is 0.583. The van der Waals surface area contributed by atoms with Crippen LogP contribution in [0, 0.1) is 0 Å². The predicted octanol–water partition coefficient (Wildman–Crippen LogP) is 1.97. The lowest BCUT2D eigenvalue weighted by molar-refractivity contribution is -0.121. The van der Waals surface area contributed by atoms with Crippen LogP contribution in [0.1, 0.15) is 24.6 Å². The van der Waals surface area contributed by atoms with E-state index in [1.54, 1.807) is 11.3 Å². The van der Waals surface area contributed by atoms with Gasteiger partial charge in [-0.2, -0.15) is 0 Å². The first kappa shape index (κ1) is 14.5. The summed E-state index contributed by atoms with van der Waals surface area (Å²) in [4.78, 5) is 12.9. The van der Waals surface area contributed by atoms with Crippen LogP contribution in [-0.4, -0.2) is 24.5 Å². The minimum absolute atomic E-state index is 0. The first-order chi connectivity index (χ1) is 7.75. The Morgan fingerprint density at radius 1 is 1.65 bits per heavy atom. The Labute approximate surface area is 112 Å². The highest BCUT2D eigenvalue weighted by Crippen LogP contribution is 2.11. The van der Waals surface area contributed by atoms with Crippen molar-refractivity contribution in [3.63, 3.8) is 0 Å². The van der Waals surface area contributed by atoms with Crippen molar-refractivity contribution < 1.29 is 4.79 Å². The number of nitrogens with one attached hydrogen (secondary N) is 2. The zero-order chi connectivity index (χ0) is 11.4. The summed E-state index contributed by atoms with van der Waals surface area (Å²) >= 11 is 1.64. The second-order valence-electron chi connectivity index (χ2n) is 4.32. The minimum atomic E-state index is 0. The molecule has 3 nitrogen and oxygen atoms in total. The smallest absolute Gasteiger partial charge is 0.225 e. The molecule has 2 rings (SSSR count). The van der Waals surface area contributed by atoms with Crippen molar-refractivity contribution in [1.29, 1.82) is 0 Å². The molecule has 0 spiro atoms. The normalized spacial score (nSPS) is 23.8. The predicted molar refractivity (Wildman–Crippen MR) is 73.9 cm³/mol. The van der Waals surface area contributed by atoms with Crippen molar-refractivity contribution in [2.24, 2.45) is 0 Å². The maximum atomic E-state index is 11.8. The molecule has 1 aliphatic rings. The standard InChI is InChI=1S/C12H18N2OS.ClH/c1-9-11(5-2-6-13-9)14-12(15)8-10-4-3-7-16-10;/h3-4,7,9,11,13H,2,5-6,8H2,1H3,(H,14,15);1H. The summed E-state index contributed by atoms with van der Waals surface area (Å²) in [6.07, 6.45) is 2.75. The van der Waals surface area contributed by atoms with E-state index in [1.165, 1.54) is 0 Å². The van der Waals surface area contributed by atoms with E-state index in [-0.39, 0.29) is 18.3 Å². The van der Waals surface area contributed by atoms with E-state index in [0.29, 0.717) is 18.5 Å². The first-order valence-electron chi connectivity index (χ1n) is 5.81. The van der Waals surface area contributed by atoms with Crippen LogP contribution in [0.4, 0.5) is 0 Å². The van der Waals surface area contributed by atoms with Gasteiger partial charge in [-0.25, -0.2) is 0 Å². The summed E-state index contributed by atoms with van der Waals surface area (Å²) in [6, 6.07) is 4.67. The van der Waals surface area contributed by atoms with Gasteiger partial charge in [-0.1, -0.05) is 6.07 Å². The van der Waals surface area contributed by atoms with Gasteiger partial charge in [0.05, 0.1) is 6.42 Å². The van der Waals surface area contributed by atoms with E-state index in [2.05, 4.69) is 17.6 Å². The van der Waals surface area contributed by atoms with E-state index in [1.807, 2.05) is 17.5 Å². The van der Waals surface area contributed by atoms with E-state index in [9.17, 15) is 4.79 Å².